The molecule has 4 nitrogen and oxygen atoms in total. The van der Waals surface area contributed by atoms with Crippen molar-refractivity contribution in [2.24, 2.45) is 0 Å². The molecule has 2 unspecified atom stereocenters. The number of carbonyl (C=O) groups is 1. The van der Waals surface area contributed by atoms with E-state index in [-0.39, 0.29) is 12.5 Å². The first-order valence-electron chi connectivity index (χ1n) is 27.7. The molecule has 4 heteroatoms. The molecule has 360 valence electrons. The molecule has 0 rings (SSSR count). The van der Waals surface area contributed by atoms with E-state index in [4.69, 9.17) is 0 Å². The molecule has 0 aliphatic rings. The molecule has 0 aromatic carbocycles. The number of aliphatic hydroxyl groups is 2. The quantitative estimate of drug-likeness (QED) is 0.0422. The van der Waals surface area contributed by atoms with Crippen LogP contribution in [0.1, 0.15) is 303 Å². The van der Waals surface area contributed by atoms with Gasteiger partial charge in [-0.15, -0.1) is 0 Å². The number of allylic oxidation sites excluding steroid dienone is 5. The highest BCUT2D eigenvalue weighted by molar-refractivity contribution is 5.76. The van der Waals surface area contributed by atoms with Gasteiger partial charge in [-0.3, -0.25) is 4.79 Å². The van der Waals surface area contributed by atoms with Gasteiger partial charge in [0.1, 0.15) is 0 Å². The molecule has 0 spiro atoms. The van der Waals surface area contributed by atoms with E-state index in [0.29, 0.717) is 6.42 Å². The van der Waals surface area contributed by atoms with Crippen molar-refractivity contribution in [2.75, 3.05) is 6.61 Å². The lowest BCUT2D eigenvalue weighted by Crippen LogP contribution is -2.45. The third-order valence-corrected chi connectivity index (χ3v) is 12.9. The number of nitrogens with one attached hydrogen (secondary N) is 1. The van der Waals surface area contributed by atoms with Crippen molar-refractivity contribution in [3.05, 3.63) is 36.5 Å². The Balaban J connectivity index is 3.30. The predicted octanol–water partition coefficient (Wildman–Crippen LogP) is 18.1. The second-order valence-corrected chi connectivity index (χ2v) is 19.0. The Labute approximate surface area is 382 Å². The number of amides is 1. The second-order valence-electron chi connectivity index (χ2n) is 19.0. The average Bonchev–Trinajstić information content (AvgIpc) is 3.26. The van der Waals surface area contributed by atoms with E-state index in [9.17, 15) is 15.0 Å². The molecule has 0 saturated heterocycles. The molecule has 0 aliphatic heterocycles. The van der Waals surface area contributed by atoms with Gasteiger partial charge in [0.25, 0.3) is 0 Å². The molecule has 0 aromatic heterocycles. The molecule has 2 atom stereocenters. The summed E-state index contributed by atoms with van der Waals surface area (Å²) in [5.41, 5.74) is 0. The predicted molar refractivity (Wildman–Crippen MR) is 272 cm³/mol. The van der Waals surface area contributed by atoms with Crippen LogP contribution in [0, 0.1) is 0 Å². The van der Waals surface area contributed by atoms with Gasteiger partial charge in [0, 0.05) is 6.42 Å². The van der Waals surface area contributed by atoms with Gasteiger partial charge < -0.3 is 15.5 Å². The number of carbonyl (C=O) groups excluding carboxylic acids is 1. The van der Waals surface area contributed by atoms with Crippen LogP contribution < -0.4 is 5.32 Å². The van der Waals surface area contributed by atoms with Crippen LogP contribution in [0.15, 0.2) is 36.5 Å². The molecule has 1 amide bonds. The van der Waals surface area contributed by atoms with Crippen molar-refractivity contribution in [3.8, 4) is 0 Å². The summed E-state index contributed by atoms with van der Waals surface area (Å²) in [5.74, 6) is -0.0766. The number of unbranched alkanes of at least 4 members (excludes halogenated alkanes) is 41. The molecule has 0 aromatic rings. The van der Waals surface area contributed by atoms with Crippen molar-refractivity contribution in [2.45, 2.75) is 315 Å². The Morgan fingerprint density at radius 3 is 0.951 bits per heavy atom. The average molecular weight is 857 g/mol. The molecule has 0 radical (unpaired) electrons. The minimum Gasteiger partial charge on any atom is -0.394 e. The number of hydrogen-bond acceptors (Lipinski definition) is 3. The fraction of sp³-hybridized carbons (Fsp3) is 0.877. The van der Waals surface area contributed by atoms with Crippen LogP contribution in [0.2, 0.25) is 0 Å². The SMILES string of the molecule is C/C=C/CC/C=C/CC/C=C/C(O)C(CO)NC(=O)CCCCCCCCCCCCCCCCCCCCCCCCCCCCCCCCCCCCCCCCCC. The van der Waals surface area contributed by atoms with E-state index in [1.807, 2.05) is 13.0 Å². The fourth-order valence-electron chi connectivity index (χ4n) is 8.75. The summed E-state index contributed by atoms with van der Waals surface area (Å²) in [6.45, 7) is 4.08. The topological polar surface area (TPSA) is 69.6 Å². The third kappa shape index (κ3) is 49.5. The van der Waals surface area contributed by atoms with Gasteiger partial charge in [-0.05, 0) is 39.0 Å². The van der Waals surface area contributed by atoms with Gasteiger partial charge in [-0.1, -0.05) is 294 Å². The van der Waals surface area contributed by atoms with E-state index >= 15 is 0 Å². The first-order chi connectivity index (χ1) is 30.2. The largest absolute Gasteiger partial charge is 0.394 e. The van der Waals surface area contributed by atoms with Gasteiger partial charge >= 0.3 is 0 Å². The van der Waals surface area contributed by atoms with Crippen LogP contribution in [0.4, 0.5) is 0 Å². The van der Waals surface area contributed by atoms with E-state index in [1.165, 1.54) is 244 Å². The van der Waals surface area contributed by atoms with E-state index < -0.39 is 12.1 Å². The summed E-state index contributed by atoms with van der Waals surface area (Å²) in [5, 5.41) is 22.9. The van der Waals surface area contributed by atoms with Gasteiger partial charge in [-0.25, -0.2) is 0 Å². The van der Waals surface area contributed by atoms with E-state index in [0.717, 1.165) is 38.5 Å². The maximum Gasteiger partial charge on any atom is 0.220 e. The molecule has 0 saturated carbocycles. The Hall–Kier alpha value is -1.39. The van der Waals surface area contributed by atoms with Crippen LogP contribution in [0.25, 0.3) is 0 Å². The highest BCUT2D eigenvalue weighted by Gasteiger charge is 2.18. The lowest BCUT2D eigenvalue weighted by atomic mass is 10.0. The fourth-order valence-corrected chi connectivity index (χ4v) is 8.75. The Morgan fingerprint density at radius 2 is 0.672 bits per heavy atom. The minimum atomic E-state index is -0.866. The van der Waals surface area contributed by atoms with Crippen LogP contribution >= 0.6 is 0 Å². The zero-order chi connectivity index (χ0) is 44.2. The molecule has 0 aliphatic carbocycles. The maximum atomic E-state index is 12.4. The van der Waals surface area contributed by atoms with Crippen molar-refractivity contribution in [1.82, 2.24) is 5.32 Å². The van der Waals surface area contributed by atoms with Gasteiger partial charge in [0.2, 0.25) is 5.91 Å². The van der Waals surface area contributed by atoms with Crippen molar-refractivity contribution >= 4 is 5.91 Å². The second kappa shape index (κ2) is 53.0. The molecule has 3 N–H and O–H groups in total. The highest BCUT2D eigenvalue weighted by Crippen LogP contribution is 2.18. The van der Waals surface area contributed by atoms with Crippen LogP contribution in [0.3, 0.4) is 0 Å². The maximum absolute atomic E-state index is 12.4. The minimum absolute atomic E-state index is 0.0766. The monoisotopic (exact) mass is 856 g/mol. The highest BCUT2D eigenvalue weighted by atomic mass is 16.3. The molecular formula is C57H109NO3. The van der Waals surface area contributed by atoms with Crippen LogP contribution in [0.5, 0.6) is 0 Å². The van der Waals surface area contributed by atoms with Crippen LogP contribution in [-0.4, -0.2) is 34.9 Å². The normalized spacial score (nSPS) is 13.0. The molecule has 61 heavy (non-hydrogen) atoms. The zero-order valence-electron chi connectivity index (χ0n) is 41.4. The Morgan fingerprint density at radius 1 is 0.410 bits per heavy atom. The van der Waals surface area contributed by atoms with Gasteiger partial charge in [0.15, 0.2) is 0 Å². The lowest BCUT2D eigenvalue weighted by Gasteiger charge is -2.19. The summed E-state index contributed by atoms with van der Waals surface area (Å²) in [6.07, 6.45) is 72.2. The Bertz CT molecular complexity index is 928. The summed E-state index contributed by atoms with van der Waals surface area (Å²) >= 11 is 0. The number of hydrogen-bond donors (Lipinski definition) is 3. The molecule has 0 fully saturated rings. The number of rotatable bonds is 51. The third-order valence-electron chi connectivity index (χ3n) is 12.9. The first kappa shape index (κ1) is 59.6. The van der Waals surface area contributed by atoms with Crippen molar-refractivity contribution < 1.29 is 15.0 Å². The summed E-state index contributed by atoms with van der Waals surface area (Å²) in [7, 11) is 0. The first-order valence-corrected chi connectivity index (χ1v) is 27.7. The molecule has 0 bridgehead atoms. The van der Waals surface area contributed by atoms with Gasteiger partial charge in [-0.2, -0.15) is 0 Å². The zero-order valence-corrected chi connectivity index (χ0v) is 41.4. The van der Waals surface area contributed by atoms with Crippen LogP contribution in [-0.2, 0) is 4.79 Å². The molecular weight excluding hydrogens is 747 g/mol. The van der Waals surface area contributed by atoms with Crippen molar-refractivity contribution in [1.29, 1.82) is 0 Å². The standard InChI is InChI=1S/C57H109NO3/c1-3-5-7-9-11-13-14-15-16-17-18-19-20-21-22-23-24-25-26-27-28-29-30-31-32-33-34-35-36-37-38-39-40-41-42-43-45-47-49-51-53-57(61)58-55(54-59)56(60)52-50-48-46-44-12-10-8-6-4-2/h4,6,12,44,50,52,55-56,59-60H,3,5,7-11,13-43,45-49,51,53-54H2,1-2H3,(H,58,61)/b6-4+,44-12+,52-50+. The van der Waals surface area contributed by atoms with E-state index in [2.05, 4.69) is 36.5 Å². The van der Waals surface area contributed by atoms with Crippen molar-refractivity contribution in [3.63, 3.8) is 0 Å². The summed E-state index contributed by atoms with van der Waals surface area (Å²) < 4.78 is 0. The van der Waals surface area contributed by atoms with Gasteiger partial charge in [0.05, 0.1) is 18.8 Å². The lowest BCUT2D eigenvalue weighted by molar-refractivity contribution is -0.123. The summed E-state index contributed by atoms with van der Waals surface area (Å²) in [4.78, 5) is 12.4. The Kier molecular flexibility index (Phi) is 51.7. The smallest absolute Gasteiger partial charge is 0.220 e. The molecule has 0 heterocycles. The van der Waals surface area contributed by atoms with E-state index in [1.54, 1.807) is 6.08 Å². The summed E-state index contributed by atoms with van der Waals surface area (Å²) in [6, 6.07) is -0.641. The number of aliphatic hydroxyl groups excluding tert-OH is 2.